The second-order valence-corrected chi connectivity index (χ2v) is 8.07. The van der Waals surface area contributed by atoms with Crippen molar-refractivity contribution in [3.05, 3.63) is 47.2 Å². The Balaban J connectivity index is 1.64. The van der Waals surface area contributed by atoms with Gasteiger partial charge in [-0.25, -0.2) is 9.50 Å². The number of carbonyl (C=O) groups excluding carboxylic acids is 1. The van der Waals surface area contributed by atoms with Crippen LogP contribution in [0, 0.1) is 11.8 Å². The van der Waals surface area contributed by atoms with Gasteiger partial charge in [0.05, 0.1) is 17.6 Å². The summed E-state index contributed by atoms with van der Waals surface area (Å²) in [5.41, 5.74) is 4.18. The van der Waals surface area contributed by atoms with Crippen LogP contribution in [0.5, 0.6) is 0 Å². The molecular formula is C21H23ClN4O. The van der Waals surface area contributed by atoms with Crippen molar-refractivity contribution < 1.29 is 4.79 Å². The van der Waals surface area contributed by atoms with Gasteiger partial charge in [0.15, 0.2) is 16.6 Å². The predicted octanol–water partition coefficient (Wildman–Crippen LogP) is 5.10. The van der Waals surface area contributed by atoms with Crippen molar-refractivity contribution in [2.45, 2.75) is 33.1 Å². The Hall–Kier alpha value is -2.40. The summed E-state index contributed by atoms with van der Waals surface area (Å²) in [6.45, 7) is 5.13. The molecule has 0 bridgehead atoms. The molecule has 1 fully saturated rings. The molecule has 27 heavy (non-hydrogen) atoms. The Morgan fingerprint density at radius 2 is 2.04 bits per heavy atom. The minimum atomic E-state index is 0.225. The van der Waals surface area contributed by atoms with Gasteiger partial charge in [-0.15, -0.1) is 0 Å². The maximum atomic E-state index is 12.3. The number of nitrogens with one attached hydrogen (secondary N) is 1. The first-order chi connectivity index (χ1) is 13.0. The predicted molar refractivity (Wildman–Crippen MR) is 108 cm³/mol. The molecule has 1 aliphatic carbocycles. The van der Waals surface area contributed by atoms with Gasteiger partial charge in [-0.05, 0) is 24.7 Å². The Morgan fingerprint density at radius 3 is 2.70 bits per heavy atom. The van der Waals surface area contributed by atoms with Gasteiger partial charge in [-0.1, -0.05) is 49.7 Å². The quantitative estimate of drug-likeness (QED) is 0.577. The summed E-state index contributed by atoms with van der Waals surface area (Å²) in [4.78, 5) is 16.8. The highest BCUT2D eigenvalue weighted by Gasteiger charge is 2.24. The van der Waals surface area contributed by atoms with E-state index in [1.54, 1.807) is 16.8 Å². The van der Waals surface area contributed by atoms with Crippen molar-refractivity contribution in [2.75, 3.05) is 11.9 Å². The van der Waals surface area contributed by atoms with E-state index in [0.29, 0.717) is 23.4 Å². The average Bonchev–Trinajstić information content (AvgIpc) is 3.36. The van der Waals surface area contributed by atoms with Crippen LogP contribution in [0.2, 0.25) is 5.15 Å². The molecular weight excluding hydrogens is 360 g/mol. The minimum absolute atomic E-state index is 0.225. The van der Waals surface area contributed by atoms with Crippen molar-refractivity contribution in [1.82, 2.24) is 14.6 Å². The fraction of sp³-hybridized carbons (Fsp3) is 0.381. The number of aromatic nitrogens is 3. The molecule has 0 atom stereocenters. The number of carbonyl (C=O) groups is 1. The zero-order valence-corrected chi connectivity index (χ0v) is 16.3. The molecule has 140 valence electrons. The first-order valence-electron chi connectivity index (χ1n) is 9.43. The fourth-order valence-electron chi connectivity index (χ4n) is 3.11. The highest BCUT2D eigenvalue weighted by Crippen LogP contribution is 2.34. The Bertz CT molecular complexity index is 974. The van der Waals surface area contributed by atoms with Crippen LogP contribution in [0.15, 0.2) is 36.5 Å². The number of fused-ring (bicyclic) bond motifs is 1. The summed E-state index contributed by atoms with van der Waals surface area (Å²) in [5, 5.41) is 8.21. The molecule has 2 heterocycles. The Kier molecular flexibility index (Phi) is 4.87. The maximum Gasteiger partial charge on any atom is 0.177 e. The molecule has 1 aliphatic rings. The lowest BCUT2D eigenvalue weighted by molar-refractivity contribution is 0.0976. The highest BCUT2D eigenvalue weighted by atomic mass is 35.5. The number of halogens is 1. The van der Waals surface area contributed by atoms with E-state index in [1.807, 2.05) is 24.3 Å². The van der Waals surface area contributed by atoms with Gasteiger partial charge < -0.3 is 5.32 Å². The molecule has 1 aromatic carbocycles. The third kappa shape index (κ3) is 3.98. The van der Waals surface area contributed by atoms with E-state index in [0.717, 1.165) is 34.7 Å². The van der Waals surface area contributed by atoms with Crippen molar-refractivity contribution in [1.29, 1.82) is 0 Å². The smallest absolute Gasteiger partial charge is 0.177 e. The van der Waals surface area contributed by atoms with Crippen LogP contribution in [-0.4, -0.2) is 26.9 Å². The van der Waals surface area contributed by atoms with Crippen LogP contribution >= 0.6 is 11.6 Å². The normalized spacial score (nSPS) is 14.1. The Labute approximate surface area is 163 Å². The van der Waals surface area contributed by atoms with Crippen LogP contribution in [-0.2, 0) is 0 Å². The molecule has 1 saturated carbocycles. The molecule has 5 nitrogen and oxygen atoms in total. The van der Waals surface area contributed by atoms with Crippen LogP contribution in [0.4, 0.5) is 5.69 Å². The molecule has 2 aromatic heterocycles. The summed E-state index contributed by atoms with van der Waals surface area (Å²) >= 11 is 6.23. The average molecular weight is 383 g/mol. The standard InChI is InChI=1S/C21H23ClN4O/c1-13(2)11-23-17-10-20(22)25-26-18(12-24-21(17)26)15-5-7-16(8-6-15)19(27)9-14-3-4-14/h5-8,10,12-14,23H,3-4,9,11H2,1-2H3. The van der Waals surface area contributed by atoms with E-state index in [-0.39, 0.29) is 5.78 Å². The summed E-state index contributed by atoms with van der Waals surface area (Å²) in [5.74, 6) is 1.33. The van der Waals surface area contributed by atoms with E-state index >= 15 is 0 Å². The van der Waals surface area contributed by atoms with Gasteiger partial charge in [0.25, 0.3) is 0 Å². The molecule has 1 N–H and O–H groups in total. The van der Waals surface area contributed by atoms with Gasteiger partial charge in [-0.2, -0.15) is 5.10 Å². The lowest BCUT2D eigenvalue weighted by atomic mass is 10.0. The van der Waals surface area contributed by atoms with Crippen molar-refractivity contribution in [3.8, 4) is 11.3 Å². The van der Waals surface area contributed by atoms with Crippen LogP contribution in [0.25, 0.3) is 16.9 Å². The molecule has 4 rings (SSSR count). The molecule has 6 heteroatoms. The lowest BCUT2D eigenvalue weighted by Crippen LogP contribution is -2.10. The largest absolute Gasteiger partial charge is 0.382 e. The van der Waals surface area contributed by atoms with E-state index in [4.69, 9.17) is 11.6 Å². The number of Topliss-reactive ketones (excluding diaryl/α,β-unsaturated/α-hetero) is 1. The van der Waals surface area contributed by atoms with E-state index in [2.05, 4.69) is 29.2 Å². The number of nitrogens with zero attached hydrogens (tertiary/aromatic N) is 3. The van der Waals surface area contributed by atoms with Crippen LogP contribution in [0.1, 0.15) is 43.5 Å². The van der Waals surface area contributed by atoms with Crippen LogP contribution < -0.4 is 5.32 Å². The molecule has 0 saturated heterocycles. The molecule has 3 aromatic rings. The number of benzene rings is 1. The van der Waals surface area contributed by atoms with Gasteiger partial charge in [0.1, 0.15) is 0 Å². The summed E-state index contributed by atoms with van der Waals surface area (Å²) in [6.07, 6.45) is 4.83. The summed E-state index contributed by atoms with van der Waals surface area (Å²) < 4.78 is 1.76. The first kappa shape index (κ1) is 18.0. The molecule has 0 radical (unpaired) electrons. The van der Waals surface area contributed by atoms with Gasteiger partial charge in [0.2, 0.25) is 0 Å². The minimum Gasteiger partial charge on any atom is -0.382 e. The van der Waals surface area contributed by atoms with E-state index < -0.39 is 0 Å². The number of hydrogen-bond acceptors (Lipinski definition) is 4. The number of imidazole rings is 1. The third-order valence-corrected chi connectivity index (χ3v) is 5.00. The van der Waals surface area contributed by atoms with Gasteiger partial charge >= 0.3 is 0 Å². The zero-order valence-electron chi connectivity index (χ0n) is 15.6. The maximum absolute atomic E-state index is 12.3. The topological polar surface area (TPSA) is 59.3 Å². The summed E-state index contributed by atoms with van der Waals surface area (Å²) in [6, 6.07) is 9.49. The third-order valence-electron chi connectivity index (χ3n) is 4.81. The van der Waals surface area contributed by atoms with Gasteiger partial charge in [0, 0.05) is 30.2 Å². The SMILES string of the molecule is CC(C)CNc1cc(Cl)nn2c(-c3ccc(C(=O)CC4CC4)cc3)cnc12. The monoisotopic (exact) mass is 382 g/mol. The summed E-state index contributed by atoms with van der Waals surface area (Å²) in [7, 11) is 0. The fourth-order valence-corrected chi connectivity index (χ4v) is 3.29. The number of hydrogen-bond donors (Lipinski definition) is 1. The van der Waals surface area contributed by atoms with Gasteiger partial charge in [-0.3, -0.25) is 4.79 Å². The number of anilines is 1. The molecule has 0 amide bonds. The van der Waals surface area contributed by atoms with Crippen molar-refractivity contribution in [3.63, 3.8) is 0 Å². The molecule has 0 aliphatic heterocycles. The number of ketones is 1. The van der Waals surface area contributed by atoms with Crippen molar-refractivity contribution in [2.24, 2.45) is 11.8 Å². The van der Waals surface area contributed by atoms with Crippen molar-refractivity contribution >= 4 is 28.7 Å². The highest BCUT2D eigenvalue weighted by molar-refractivity contribution is 6.29. The second kappa shape index (κ2) is 7.31. The Morgan fingerprint density at radius 1 is 1.30 bits per heavy atom. The molecule has 0 unspecified atom stereocenters. The van der Waals surface area contributed by atoms with Crippen LogP contribution in [0.3, 0.4) is 0 Å². The second-order valence-electron chi connectivity index (χ2n) is 7.68. The number of rotatable bonds is 7. The van der Waals surface area contributed by atoms with E-state index in [9.17, 15) is 4.79 Å². The molecule has 0 spiro atoms. The van der Waals surface area contributed by atoms with E-state index in [1.165, 1.54) is 12.8 Å². The lowest BCUT2D eigenvalue weighted by Gasteiger charge is -2.11. The zero-order chi connectivity index (χ0) is 19.0. The first-order valence-corrected chi connectivity index (χ1v) is 9.81.